The number of carbonyl (C=O) groups is 2. The number of carbonyl (C=O) groups excluding carboxylic acids is 2. The second-order valence-corrected chi connectivity index (χ2v) is 4.07. The molecule has 1 aromatic rings. The summed E-state index contributed by atoms with van der Waals surface area (Å²) in [6, 6.07) is 6.45. The molecule has 0 radical (unpaired) electrons. The Morgan fingerprint density at radius 3 is 2.12 bits per heavy atom. The highest BCUT2D eigenvalue weighted by Crippen LogP contribution is 2.23. The molecule has 0 aliphatic carbocycles. The normalized spacial score (nSPS) is 10.9. The van der Waals surface area contributed by atoms with Crippen molar-refractivity contribution in [2.45, 2.75) is 13.8 Å². The Labute approximate surface area is 94.4 Å². The van der Waals surface area contributed by atoms with Gasteiger partial charge in [-0.1, -0.05) is 0 Å². The first kappa shape index (κ1) is 12.2. The maximum Gasteiger partial charge on any atom is 0.319 e. The highest BCUT2D eigenvalue weighted by Gasteiger charge is 2.37. The van der Waals surface area contributed by atoms with Gasteiger partial charge in [0.2, 0.25) is 0 Å². The molecular formula is C12H15NO3. The number of Topliss-reactive ketones (excluding diaryl/α,β-unsaturated/α-hetero) is 1. The minimum atomic E-state index is -1.18. The third-order valence-corrected chi connectivity index (χ3v) is 2.44. The Morgan fingerprint density at radius 1 is 1.19 bits per heavy atom. The quantitative estimate of drug-likeness (QED) is 0.364. The molecule has 0 unspecified atom stereocenters. The summed E-state index contributed by atoms with van der Waals surface area (Å²) in [6.45, 7) is 3.08. The minimum Gasteiger partial charge on any atom is -0.468 e. The van der Waals surface area contributed by atoms with Crippen molar-refractivity contribution in [3.63, 3.8) is 0 Å². The molecule has 0 aromatic heterocycles. The molecule has 0 bridgehead atoms. The summed E-state index contributed by atoms with van der Waals surface area (Å²) in [6.07, 6.45) is 0. The summed E-state index contributed by atoms with van der Waals surface area (Å²) >= 11 is 0. The lowest BCUT2D eigenvalue weighted by atomic mass is 9.84. The van der Waals surface area contributed by atoms with E-state index in [1.165, 1.54) is 21.0 Å². The van der Waals surface area contributed by atoms with E-state index in [2.05, 4.69) is 4.74 Å². The Kier molecular flexibility index (Phi) is 3.32. The number of nitrogens with two attached hydrogens (primary N) is 1. The number of hydrogen-bond donors (Lipinski definition) is 1. The van der Waals surface area contributed by atoms with Gasteiger partial charge in [0.15, 0.2) is 5.78 Å². The van der Waals surface area contributed by atoms with Gasteiger partial charge in [-0.2, -0.15) is 0 Å². The Balaban J connectivity index is 3.02. The zero-order chi connectivity index (χ0) is 12.3. The number of ketones is 1. The van der Waals surface area contributed by atoms with Gasteiger partial charge in [-0.25, -0.2) is 0 Å². The zero-order valence-corrected chi connectivity index (χ0v) is 9.61. The number of anilines is 1. The van der Waals surface area contributed by atoms with E-state index in [9.17, 15) is 9.59 Å². The molecule has 0 aliphatic heterocycles. The second-order valence-electron chi connectivity index (χ2n) is 4.07. The lowest BCUT2D eigenvalue weighted by molar-refractivity contribution is -0.147. The van der Waals surface area contributed by atoms with Crippen LogP contribution in [-0.2, 0) is 9.53 Å². The van der Waals surface area contributed by atoms with Crippen LogP contribution in [0.15, 0.2) is 24.3 Å². The third kappa shape index (κ3) is 2.21. The zero-order valence-electron chi connectivity index (χ0n) is 9.61. The summed E-state index contributed by atoms with van der Waals surface area (Å²) in [5, 5.41) is 0. The van der Waals surface area contributed by atoms with E-state index in [0.717, 1.165) is 0 Å². The number of benzene rings is 1. The molecule has 0 heterocycles. The molecule has 4 nitrogen and oxygen atoms in total. The summed E-state index contributed by atoms with van der Waals surface area (Å²) in [4.78, 5) is 23.5. The lowest BCUT2D eigenvalue weighted by Gasteiger charge is -2.19. The molecule has 86 valence electrons. The molecule has 0 saturated heterocycles. The molecule has 0 atom stereocenters. The number of methoxy groups -OCH3 is 1. The van der Waals surface area contributed by atoms with Gasteiger partial charge in [0, 0.05) is 11.3 Å². The van der Waals surface area contributed by atoms with Crippen LogP contribution in [0.4, 0.5) is 5.69 Å². The number of rotatable bonds is 3. The number of nitrogen functional groups attached to an aromatic ring is 1. The van der Waals surface area contributed by atoms with Crippen LogP contribution < -0.4 is 5.73 Å². The second kappa shape index (κ2) is 4.35. The van der Waals surface area contributed by atoms with E-state index >= 15 is 0 Å². The predicted octanol–water partition coefficient (Wildman–Crippen LogP) is 1.65. The summed E-state index contributed by atoms with van der Waals surface area (Å²) in [5.41, 5.74) is 5.37. The first-order valence-corrected chi connectivity index (χ1v) is 4.88. The summed E-state index contributed by atoms with van der Waals surface area (Å²) in [5.74, 6) is -0.825. The van der Waals surface area contributed by atoms with Crippen molar-refractivity contribution in [2.75, 3.05) is 12.8 Å². The molecule has 16 heavy (non-hydrogen) atoms. The van der Waals surface area contributed by atoms with Crippen molar-refractivity contribution in [3.8, 4) is 0 Å². The summed E-state index contributed by atoms with van der Waals surface area (Å²) in [7, 11) is 1.26. The van der Waals surface area contributed by atoms with E-state index in [0.29, 0.717) is 11.3 Å². The highest BCUT2D eigenvalue weighted by atomic mass is 16.5. The maximum atomic E-state index is 12.0. The molecule has 4 heteroatoms. The molecule has 0 saturated carbocycles. The van der Waals surface area contributed by atoms with Crippen molar-refractivity contribution in [1.82, 2.24) is 0 Å². The van der Waals surface area contributed by atoms with Gasteiger partial charge in [-0.15, -0.1) is 0 Å². The molecule has 0 fully saturated rings. The molecule has 0 aliphatic rings. The monoisotopic (exact) mass is 221 g/mol. The Bertz CT molecular complexity index is 407. The number of esters is 1. The van der Waals surface area contributed by atoms with Gasteiger partial charge in [-0.3, -0.25) is 9.59 Å². The van der Waals surface area contributed by atoms with Crippen LogP contribution in [0.1, 0.15) is 24.2 Å². The van der Waals surface area contributed by atoms with Crippen LogP contribution in [0.3, 0.4) is 0 Å². The van der Waals surface area contributed by atoms with Crippen LogP contribution >= 0.6 is 0 Å². The van der Waals surface area contributed by atoms with Crippen LogP contribution in [0.2, 0.25) is 0 Å². The topological polar surface area (TPSA) is 69.4 Å². The molecular weight excluding hydrogens is 206 g/mol. The average Bonchev–Trinajstić information content (AvgIpc) is 2.28. The molecule has 2 N–H and O–H groups in total. The van der Waals surface area contributed by atoms with Crippen molar-refractivity contribution in [3.05, 3.63) is 29.8 Å². The largest absolute Gasteiger partial charge is 0.468 e. The first-order chi connectivity index (χ1) is 7.39. The fourth-order valence-corrected chi connectivity index (χ4v) is 1.34. The fraction of sp³-hybridized carbons (Fsp3) is 0.333. The van der Waals surface area contributed by atoms with E-state index in [4.69, 9.17) is 5.73 Å². The molecule has 1 rings (SSSR count). The number of ether oxygens (including phenoxy) is 1. The maximum absolute atomic E-state index is 12.0. The standard InChI is InChI=1S/C12H15NO3/c1-12(2,11(15)16-3)10(14)8-4-6-9(13)7-5-8/h4-7H,13H2,1-3H3. The van der Waals surface area contributed by atoms with Crippen LogP contribution in [0.5, 0.6) is 0 Å². The van der Waals surface area contributed by atoms with E-state index < -0.39 is 11.4 Å². The van der Waals surface area contributed by atoms with Gasteiger partial charge in [-0.05, 0) is 38.1 Å². The van der Waals surface area contributed by atoms with Crippen molar-refractivity contribution >= 4 is 17.4 Å². The average molecular weight is 221 g/mol. The van der Waals surface area contributed by atoms with E-state index in [1.807, 2.05) is 0 Å². The van der Waals surface area contributed by atoms with E-state index in [1.54, 1.807) is 24.3 Å². The van der Waals surface area contributed by atoms with Gasteiger partial charge >= 0.3 is 5.97 Å². The molecule has 1 aromatic carbocycles. The van der Waals surface area contributed by atoms with Gasteiger partial charge < -0.3 is 10.5 Å². The first-order valence-electron chi connectivity index (χ1n) is 4.88. The molecule has 0 spiro atoms. The Hall–Kier alpha value is -1.84. The van der Waals surface area contributed by atoms with Crippen molar-refractivity contribution < 1.29 is 14.3 Å². The van der Waals surface area contributed by atoms with Crippen molar-refractivity contribution in [1.29, 1.82) is 0 Å². The SMILES string of the molecule is COC(=O)C(C)(C)C(=O)c1ccc(N)cc1. The van der Waals surface area contributed by atoms with Gasteiger partial charge in [0.05, 0.1) is 7.11 Å². The van der Waals surface area contributed by atoms with Gasteiger partial charge in [0.25, 0.3) is 0 Å². The van der Waals surface area contributed by atoms with Gasteiger partial charge in [0.1, 0.15) is 5.41 Å². The Morgan fingerprint density at radius 2 is 1.69 bits per heavy atom. The molecule has 0 amide bonds. The van der Waals surface area contributed by atoms with Crippen LogP contribution in [0, 0.1) is 5.41 Å². The number of hydrogen-bond acceptors (Lipinski definition) is 4. The van der Waals surface area contributed by atoms with Crippen LogP contribution in [0.25, 0.3) is 0 Å². The van der Waals surface area contributed by atoms with E-state index in [-0.39, 0.29) is 5.78 Å². The fourth-order valence-electron chi connectivity index (χ4n) is 1.34. The van der Waals surface area contributed by atoms with Crippen molar-refractivity contribution in [2.24, 2.45) is 5.41 Å². The predicted molar refractivity (Wildman–Crippen MR) is 61.0 cm³/mol. The lowest BCUT2D eigenvalue weighted by Crippen LogP contribution is -2.34. The smallest absolute Gasteiger partial charge is 0.319 e. The highest BCUT2D eigenvalue weighted by molar-refractivity contribution is 6.11. The third-order valence-electron chi connectivity index (χ3n) is 2.44. The van der Waals surface area contributed by atoms with Crippen LogP contribution in [-0.4, -0.2) is 18.9 Å². The minimum absolute atomic E-state index is 0.278. The summed E-state index contributed by atoms with van der Waals surface area (Å²) < 4.78 is 4.60.